The zero-order valence-corrected chi connectivity index (χ0v) is 20.6. The Labute approximate surface area is 214 Å². The third-order valence-corrected chi connectivity index (χ3v) is 8.20. The topological polar surface area (TPSA) is 105 Å². The first-order valence-electron chi connectivity index (χ1n) is 12.6. The van der Waals surface area contributed by atoms with E-state index < -0.39 is 11.9 Å². The second-order valence-corrected chi connectivity index (χ2v) is 10.5. The summed E-state index contributed by atoms with van der Waals surface area (Å²) in [6.45, 7) is 2.15. The van der Waals surface area contributed by atoms with Crippen LogP contribution >= 0.6 is 11.6 Å². The number of piperidine rings is 1. The van der Waals surface area contributed by atoms with E-state index in [1.165, 1.54) is 6.42 Å². The Balaban J connectivity index is 1.12. The van der Waals surface area contributed by atoms with Gasteiger partial charge < -0.3 is 9.64 Å². The van der Waals surface area contributed by atoms with Crippen LogP contribution in [0.3, 0.4) is 0 Å². The average Bonchev–Trinajstić information content (AvgIpc) is 3.16. The maximum Gasteiger partial charge on any atom is 0.255 e. The molecule has 0 radical (unpaired) electrons. The SMILES string of the molecule is O=C1CC[C@@H](N2Cc3cc(O[C@H]4CCCC[C@H]4N4CC(c5ncncc5Cl)C4)ccc3C2=O)C(=O)N1. The number of likely N-dealkylation sites (tertiary alicyclic amines) is 1. The Kier molecular flexibility index (Phi) is 6.13. The number of fused-ring (bicyclic) bond motifs is 1. The lowest BCUT2D eigenvalue weighted by atomic mass is 9.85. The standard InChI is InChI=1S/C26H28ClN5O4/c27-19-10-28-14-29-24(19)16-11-31(12-16)20-3-1-2-4-22(20)36-17-5-6-18-15(9-17)13-32(26(18)35)21-7-8-23(33)30-25(21)34/h5-6,9-10,14,16,20-22H,1-4,7-8,11-13H2,(H,30,33,34)/t20-,21-,22+/m1/s1. The Morgan fingerprint density at radius 1 is 1.08 bits per heavy atom. The maximum absolute atomic E-state index is 13.0. The van der Waals surface area contributed by atoms with Gasteiger partial charge in [-0.2, -0.15) is 0 Å². The highest BCUT2D eigenvalue weighted by Crippen LogP contribution is 2.37. The quantitative estimate of drug-likeness (QED) is 0.618. The van der Waals surface area contributed by atoms with Crippen LogP contribution in [0.5, 0.6) is 5.75 Å². The zero-order chi connectivity index (χ0) is 24.8. The fraction of sp³-hybridized carbons (Fsp3) is 0.500. The van der Waals surface area contributed by atoms with Crippen molar-refractivity contribution in [2.75, 3.05) is 13.1 Å². The van der Waals surface area contributed by atoms with Gasteiger partial charge in [0.1, 0.15) is 24.2 Å². The van der Waals surface area contributed by atoms with E-state index in [9.17, 15) is 14.4 Å². The summed E-state index contributed by atoms with van der Waals surface area (Å²) in [7, 11) is 0. The van der Waals surface area contributed by atoms with E-state index >= 15 is 0 Å². The summed E-state index contributed by atoms with van der Waals surface area (Å²) in [5.41, 5.74) is 2.37. The number of imide groups is 1. The molecule has 1 saturated carbocycles. The average molecular weight is 510 g/mol. The van der Waals surface area contributed by atoms with E-state index in [0.29, 0.717) is 35.5 Å². The largest absolute Gasteiger partial charge is 0.489 e. The summed E-state index contributed by atoms with van der Waals surface area (Å²) in [6, 6.07) is 5.30. The first-order valence-corrected chi connectivity index (χ1v) is 13.0. The third kappa shape index (κ3) is 4.24. The zero-order valence-electron chi connectivity index (χ0n) is 19.9. The van der Waals surface area contributed by atoms with E-state index in [4.69, 9.17) is 16.3 Å². The lowest BCUT2D eigenvalue weighted by Crippen LogP contribution is -2.57. The molecule has 2 aromatic rings. The molecule has 3 fully saturated rings. The maximum atomic E-state index is 13.0. The normalized spacial score (nSPS) is 27.0. The summed E-state index contributed by atoms with van der Waals surface area (Å²) < 4.78 is 6.52. The molecule has 36 heavy (non-hydrogen) atoms. The molecule has 10 heteroatoms. The van der Waals surface area contributed by atoms with Gasteiger partial charge in [-0.3, -0.25) is 24.6 Å². The Hall–Kier alpha value is -3.04. The molecule has 6 rings (SSSR count). The van der Waals surface area contributed by atoms with E-state index in [1.807, 2.05) is 12.1 Å². The first kappa shape index (κ1) is 23.4. The molecule has 3 atom stereocenters. The van der Waals surface area contributed by atoms with Crippen molar-refractivity contribution in [1.82, 2.24) is 25.1 Å². The van der Waals surface area contributed by atoms with Gasteiger partial charge in [0.05, 0.1) is 10.7 Å². The fourth-order valence-corrected chi connectivity index (χ4v) is 6.27. The predicted octanol–water partition coefficient (Wildman–Crippen LogP) is 2.68. The van der Waals surface area contributed by atoms with Crippen LogP contribution in [0.25, 0.3) is 0 Å². The van der Waals surface area contributed by atoms with Crippen LogP contribution in [-0.4, -0.2) is 68.8 Å². The van der Waals surface area contributed by atoms with Gasteiger partial charge in [-0.1, -0.05) is 18.0 Å². The van der Waals surface area contributed by atoms with Crippen LogP contribution in [0.1, 0.15) is 66.1 Å². The number of hydrogen-bond acceptors (Lipinski definition) is 7. The predicted molar refractivity (Wildman–Crippen MR) is 131 cm³/mol. The molecule has 3 aliphatic heterocycles. The molecular weight excluding hydrogens is 482 g/mol. The van der Waals surface area contributed by atoms with Crippen molar-refractivity contribution >= 4 is 29.3 Å². The number of nitrogens with one attached hydrogen (secondary N) is 1. The van der Waals surface area contributed by atoms with Crippen molar-refractivity contribution in [3.8, 4) is 5.75 Å². The van der Waals surface area contributed by atoms with Crippen LogP contribution < -0.4 is 10.1 Å². The second-order valence-electron chi connectivity index (χ2n) is 10.1. The first-order chi connectivity index (χ1) is 17.5. The lowest BCUT2D eigenvalue weighted by molar-refractivity contribution is -0.136. The Morgan fingerprint density at radius 2 is 1.92 bits per heavy atom. The molecular formula is C26H28ClN5O4. The minimum absolute atomic E-state index is 0.0713. The molecule has 1 N–H and O–H groups in total. The summed E-state index contributed by atoms with van der Waals surface area (Å²) in [5.74, 6) is 0.209. The highest BCUT2D eigenvalue weighted by molar-refractivity contribution is 6.31. The van der Waals surface area contributed by atoms with Gasteiger partial charge in [-0.05, 0) is 49.4 Å². The van der Waals surface area contributed by atoms with Crippen LogP contribution in [-0.2, 0) is 16.1 Å². The van der Waals surface area contributed by atoms with Crippen molar-refractivity contribution in [3.63, 3.8) is 0 Å². The van der Waals surface area contributed by atoms with Crippen molar-refractivity contribution in [2.45, 2.75) is 69.2 Å². The van der Waals surface area contributed by atoms with E-state index in [-0.39, 0.29) is 24.3 Å². The molecule has 1 aromatic heterocycles. The fourth-order valence-electron chi connectivity index (χ4n) is 6.01. The Bertz CT molecular complexity index is 1220. The van der Waals surface area contributed by atoms with Crippen molar-refractivity contribution < 1.29 is 19.1 Å². The van der Waals surface area contributed by atoms with Gasteiger partial charge in [-0.15, -0.1) is 0 Å². The lowest BCUT2D eigenvalue weighted by Gasteiger charge is -2.48. The number of rotatable bonds is 5. The van der Waals surface area contributed by atoms with E-state index in [0.717, 1.165) is 49.4 Å². The summed E-state index contributed by atoms with van der Waals surface area (Å²) in [4.78, 5) is 49.2. The van der Waals surface area contributed by atoms with Crippen molar-refractivity contribution in [2.24, 2.45) is 0 Å². The number of hydrogen-bond donors (Lipinski definition) is 1. The molecule has 0 unspecified atom stereocenters. The number of nitrogens with zero attached hydrogens (tertiary/aromatic N) is 4. The Morgan fingerprint density at radius 3 is 2.72 bits per heavy atom. The van der Waals surface area contributed by atoms with Gasteiger partial charge in [0, 0.05) is 49.8 Å². The van der Waals surface area contributed by atoms with Crippen molar-refractivity contribution in [3.05, 3.63) is 52.6 Å². The van der Waals surface area contributed by atoms with Gasteiger partial charge in [-0.25, -0.2) is 9.97 Å². The minimum Gasteiger partial charge on any atom is -0.489 e. The minimum atomic E-state index is -0.613. The molecule has 2 saturated heterocycles. The highest BCUT2D eigenvalue weighted by Gasteiger charge is 2.41. The van der Waals surface area contributed by atoms with Crippen LogP contribution in [0.4, 0.5) is 0 Å². The number of carbonyl (C=O) groups excluding carboxylic acids is 3. The van der Waals surface area contributed by atoms with Gasteiger partial charge >= 0.3 is 0 Å². The highest BCUT2D eigenvalue weighted by atomic mass is 35.5. The monoisotopic (exact) mass is 509 g/mol. The number of halogens is 1. The van der Waals surface area contributed by atoms with Crippen LogP contribution in [0.2, 0.25) is 5.02 Å². The van der Waals surface area contributed by atoms with Gasteiger partial charge in [0.2, 0.25) is 11.8 Å². The summed E-state index contributed by atoms with van der Waals surface area (Å²) in [6.07, 6.45) is 8.25. The molecule has 3 amide bonds. The van der Waals surface area contributed by atoms with Crippen molar-refractivity contribution in [1.29, 1.82) is 0 Å². The molecule has 0 spiro atoms. The number of aromatic nitrogens is 2. The molecule has 1 aromatic carbocycles. The van der Waals surface area contributed by atoms with Crippen LogP contribution in [0.15, 0.2) is 30.7 Å². The molecule has 9 nitrogen and oxygen atoms in total. The number of benzene rings is 1. The molecule has 188 valence electrons. The van der Waals surface area contributed by atoms with Gasteiger partial charge in [0.15, 0.2) is 0 Å². The summed E-state index contributed by atoms with van der Waals surface area (Å²) >= 11 is 6.30. The molecule has 4 heterocycles. The van der Waals surface area contributed by atoms with E-state index in [2.05, 4.69) is 20.2 Å². The third-order valence-electron chi connectivity index (χ3n) is 7.91. The molecule has 4 aliphatic rings. The number of amides is 3. The van der Waals surface area contributed by atoms with E-state index in [1.54, 1.807) is 23.5 Å². The van der Waals surface area contributed by atoms with Gasteiger partial charge in [0.25, 0.3) is 5.91 Å². The number of ether oxygens (including phenoxy) is 1. The smallest absolute Gasteiger partial charge is 0.255 e. The molecule has 1 aliphatic carbocycles. The molecule has 0 bridgehead atoms. The van der Waals surface area contributed by atoms with Crippen LogP contribution in [0, 0.1) is 0 Å². The second kappa shape index (κ2) is 9.44. The number of carbonyl (C=O) groups is 3. The summed E-state index contributed by atoms with van der Waals surface area (Å²) in [5, 5.41) is 2.97.